The Morgan fingerprint density at radius 1 is 1.24 bits per heavy atom. The van der Waals surface area contributed by atoms with Gasteiger partial charge in [-0.25, -0.2) is 0 Å². The molecule has 0 aromatic heterocycles. The lowest BCUT2D eigenvalue weighted by Gasteiger charge is -2.31. The van der Waals surface area contributed by atoms with Gasteiger partial charge < -0.3 is 10.6 Å². The van der Waals surface area contributed by atoms with Crippen molar-refractivity contribution in [2.24, 2.45) is 4.99 Å². The fraction of sp³-hybridized carbons (Fsp3) is 0.947. The molecule has 0 heterocycles. The minimum Gasteiger partial charge on any atom is -0.356 e. The molecule has 1 fully saturated rings. The van der Waals surface area contributed by atoms with Crippen LogP contribution in [0.4, 0.5) is 0 Å². The normalized spacial score (nSPS) is 23.3. The molecule has 0 bridgehead atoms. The molecule has 6 heteroatoms. The maximum absolute atomic E-state index is 12.1. The molecule has 1 saturated carbocycles. The Labute approximate surface area is 157 Å². The van der Waals surface area contributed by atoms with Crippen LogP contribution in [-0.2, 0) is 10.8 Å². The van der Waals surface area contributed by atoms with E-state index in [9.17, 15) is 4.21 Å². The molecule has 148 valence electrons. The summed E-state index contributed by atoms with van der Waals surface area (Å²) in [6, 6.07) is 1.55. The summed E-state index contributed by atoms with van der Waals surface area (Å²) in [6.45, 7) is 13.1. The molecule has 3 atom stereocenters. The highest BCUT2D eigenvalue weighted by Crippen LogP contribution is 2.22. The molecular weight excluding hydrogens is 332 g/mol. The van der Waals surface area contributed by atoms with E-state index in [1.165, 1.54) is 0 Å². The quantitative estimate of drug-likeness (QED) is 0.371. The number of hydrogen-bond donors (Lipinski definition) is 2. The monoisotopic (exact) mass is 372 g/mol. The van der Waals surface area contributed by atoms with Gasteiger partial charge in [-0.15, -0.1) is 0 Å². The first-order chi connectivity index (χ1) is 11.9. The molecule has 1 rings (SSSR count). The number of rotatable bonds is 9. The molecular formula is C19H40N4OS. The Balaban J connectivity index is 2.36. The zero-order valence-corrected chi connectivity index (χ0v) is 18.0. The van der Waals surface area contributed by atoms with Gasteiger partial charge in [0.25, 0.3) is 0 Å². The van der Waals surface area contributed by atoms with Gasteiger partial charge in [-0.05, 0) is 53.4 Å². The SMILES string of the molecule is CCS(=O)C1CCCC(NC(=NC)NCCCN(C(C)C)C(C)C)C1. The molecule has 1 aliphatic rings. The van der Waals surface area contributed by atoms with Crippen LogP contribution < -0.4 is 10.6 Å². The van der Waals surface area contributed by atoms with Gasteiger partial charge in [0.15, 0.2) is 5.96 Å². The van der Waals surface area contributed by atoms with Crippen molar-refractivity contribution in [2.45, 2.75) is 90.1 Å². The second-order valence-corrected chi connectivity index (χ2v) is 9.58. The molecule has 1 aliphatic carbocycles. The smallest absolute Gasteiger partial charge is 0.191 e. The minimum absolute atomic E-state index is 0.347. The third-order valence-corrected chi connectivity index (χ3v) is 6.80. The van der Waals surface area contributed by atoms with Gasteiger partial charge in [-0.3, -0.25) is 14.1 Å². The lowest BCUT2D eigenvalue weighted by Crippen LogP contribution is -2.47. The number of guanidine groups is 1. The molecule has 3 unspecified atom stereocenters. The van der Waals surface area contributed by atoms with E-state index in [2.05, 4.69) is 48.2 Å². The summed E-state index contributed by atoms with van der Waals surface area (Å²) in [7, 11) is 1.15. The van der Waals surface area contributed by atoms with Crippen LogP contribution in [0.25, 0.3) is 0 Å². The van der Waals surface area contributed by atoms with Crippen molar-refractivity contribution in [3.63, 3.8) is 0 Å². The van der Waals surface area contributed by atoms with Crippen molar-refractivity contribution in [1.82, 2.24) is 15.5 Å². The topological polar surface area (TPSA) is 56.7 Å². The van der Waals surface area contributed by atoms with Crippen LogP contribution in [-0.4, -0.2) is 64.3 Å². The summed E-state index contributed by atoms with van der Waals surface area (Å²) >= 11 is 0. The minimum atomic E-state index is -0.678. The highest BCUT2D eigenvalue weighted by atomic mass is 32.2. The molecule has 2 N–H and O–H groups in total. The number of nitrogens with one attached hydrogen (secondary N) is 2. The maximum atomic E-state index is 12.1. The highest BCUT2D eigenvalue weighted by Gasteiger charge is 2.26. The Morgan fingerprint density at radius 2 is 1.92 bits per heavy atom. The van der Waals surface area contributed by atoms with Crippen molar-refractivity contribution in [2.75, 3.05) is 25.9 Å². The summed E-state index contributed by atoms with van der Waals surface area (Å²) in [5.74, 6) is 1.65. The fourth-order valence-electron chi connectivity index (χ4n) is 3.72. The summed E-state index contributed by atoms with van der Waals surface area (Å²) < 4.78 is 12.1. The van der Waals surface area contributed by atoms with Crippen LogP contribution in [0.1, 0.15) is 66.7 Å². The van der Waals surface area contributed by atoms with E-state index in [-0.39, 0.29) is 0 Å². The van der Waals surface area contributed by atoms with Gasteiger partial charge in [0.05, 0.1) is 0 Å². The number of nitrogens with zero attached hydrogens (tertiary/aromatic N) is 2. The second-order valence-electron chi connectivity index (χ2n) is 7.58. The summed E-state index contributed by atoms with van der Waals surface area (Å²) in [6.07, 6.45) is 5.50. The average molecular weight is 373 g/mol. The Morgan fingerprint density at radius 3 is 2.48 bits per heavy atom. The molecule has 0 spiro atoms. The van der Waals surface area contributed by atoms with Gasteiger partial charge >= 0.3 is 0 Å². The number of hydrogen-bond acceptors (Lipinski definition) is 3. The predicted octanol–water partition coefficient (Wildman–Crippen LogP) is 2.74. The number of aliphatic imine (C=N–C) groups is 1. The van der Waals surface area contributed by atoms with E-state index in [0.29, 0.717) is 23.4 Å². The van der Waals surface area contributed by atoms with Crippen molar-refractivity contribution >= 4 is 16.8 Å². The Kier molecular flexibility index (Phi) is 10.7. The zero-order chi connectivity index (χ0) is 18.8. The van der Waals surface area contributed by atoms with Crippen LogP contribution in [0.2, 0.25) is 0 Å². The standard InChI is InChI=1S/C19H40N4OS/c1-7-25(24)18-11-8-10-17(14-18)22-19(20-6)21-12-9-13-23(15(2)3)16(4)5/h15-18H,7-14H2,1-6H3,(H2,20,21,22). The van der Waals surface area contributed by atoms with E-state index < -0.39 is 10.8 Å². The lowest BCUT2D eigenvalue weighted by atomic mass is 9.95. The molecule has 0 amide bonds. The van der Waals surface area contributed by atoms with Crippen molar-refractivity contribution < 1.29 is 4.21 Å². The highest BCUT2D eigenvalue weighted by molar-refractivity contribution is 7.85. The van der Waals surface area contributed by atoms with Crippen LogP contribution in [0.5, 0.6) is 0 Å². The van der Waals surface area contributed by atoms with Crippen LogP contribution in [0.3, 0.4) is 0 Å². The van der Waals surface area contributed by atoms with E-state index in [1.54, 1.807) is 0 Å². The Bertz CT molecular complexity index is 418. The first-order valence-electron chi connectivity index (χ1n) is 9.99. The molecule has 5 nitrogen and oxygen atoms in total. The molecule has 25 heavy (non-hydrogen) atoms. The van der Waals surface area contributed by atoms with Crippen molar-refractivity contribution in [1.29, 1.82) is 0 Å². The molecule has 0 saturated heterocycles. The van der Waals surface area contributed by atoms with Crippen molar-refractivity contribution in [3.05, 3.63) is 0 Å². The maximum Gasteiger partial charge on any atom is 0.191 e. The van der Waals surface area contributed by atoms with E-state index in [4.69, 9.17) is 0 Å². The van der Waals surface area contributed by atoms with E-state index in [0.717, 1.165) is 56.9 Å². The fourth-order valence-corrected chi connectivity index (χ4v) is 5.07. The predicted molar refractivity (Wildman–Crippen MR) is 111 cm³/mol. The zero-order valence-electron chi connectivity index (χ0n) is 17.2. The Hall–Kier alpha value is -0.620. The first kappa shape index (κ1) is 22.4. The molecule has 0 aromatic carbocycles. The molecule has 0 aromatic rings. The van der Waals surface area contributed by atoms with Gasteiger partial charge in [0.2, 0.25) is 0 Å². The molecule has 0 aliphatic heterocycles. The van der Waals surface area contributed by atoms with E-state index >= 15 is 0 Å². The summed E-state index contributed by atoms with van der Waals surface area (Å²) in [5, 5.41) is 7.33. The third kappa shape index (κ3) is 8.07. The molecule has 0 radical (unpaired) electrons. The summed E-state index contributed by atoms with van der Waals surface area (Å²) in [5.41, 5.74) is 0. The van der Waals surface area contributed by atoms with Gasteiger partial charge in [0.1, 0.15) is 0 Å². The largest absolute Gasteiger partial charge is 0.356 e. The van der Waals surface area contributed by atoms with Crippen LogP contribution in [0.15, 0.2) is 4.99 Å². The van der Waals surface area contributed by atoms with Gasteiger partial charge in [-0.2, -0.15) is 0 Å². The van der Waals surface area contributed by atoms with Gasteiger partial charge in [0, 0.05) is 60.1 Å². The first-order valence-corrected chi connectivity index (χ1v) is 11.4. The summed E-state index contributed by atoms with van der Waals surface area (Å²) in [4.78, 5) is 6.88. The van der Waals surface area contributed by atoms with Crippen LogP contribution in [0, 0.1) is 0 Å². The van der Waals surface area contributed by atoms with Gasteiger partial charge in [-0.1, -0.05) is 13.3 Å². The second kappa shape index (κ2) is 11.9. The third-order valence-electron chi connectivity index (χ3n) is 5.06. The lowest BCUT2D eigenvalue weighted by molar-refractivity contribution is 0.173. The van der Waals surface area contributed by atoms with Crippen molar-refractivity contribution in [3.8, 4) is 0 Å². The van der Waals surface area contributed by atoms with Crippen LogP contribution >= 0.6 is 0 Å². The average Bonchev–Trinajstić information content (AvgIpc) is 2.59. The van der Waals surface area contributed by atoms with E-state index in [1.807, 2.05) is 14.0 Å².